The normalized spacial score (nSPS) is 18.7. The first-order chi connectivity index (χ1) is 8.78. The molecule has 0 unspecified atom stereocenters. The molecule has 19 heavy (non-hydrogen) atoms. The zero-order chi connectivity index (χ0) is 14.1. The number of benzene rings is 1. The van der Waals surface area contributed by atoms with Gasteiger partial charge in [0, 0.05) is 0 Å². The van der Waals surface area contributed by atoms with Crippen molar-refractivity contribution in [2.24, 2.45) is 0 Å². The summed E-state index contributed by atoms with van der Waals surface area (Å²) >= 11 is 3.83. The molecule has 0 saturated carbocycles. The molecule has 2 rings (SSSR count). The van der Waals surface area contributed by atoms with E-state index in [2.05, 4.69) is 4.74 Å². The van der Waals surface area contributed by atoms with E-state index in [0.29, 0.717) is 0 Å². The van der Waals surface area contributed by atoms with Crippen LogP contribution in [-0.2, 0) is 4.74 Å². The predicted octanol–water partition coefficient (Wildman–Crippen LogP) is 3.35. The average molecular weight is 252 g/mol. The van der Waals surface area contributed by atoms with Crippen LogP contribution in [0.3, 0.4) is 0 Å². The summed E-state index contributed by atoms with van der Waals surface area (Å²) in [5.41, 5.74) is 2.04. The fraction of sp³-hybridized carbons (Fsp3) is 0.231. The van der Waals surface area contributed by atoms with Gasteiger partial charge in [-0.3, -0.25) is 0 Å². The Morgan fingerprint density at radius 3 is 2.21 bits per heavy atom. The summed E-state index contributed by atoms with van der Waals surface area (Å²) in [4.78, 5) is 0. The third-order valence-electron chi connectivity index (χ3n) is 3.11. The van der Waals surface area contributed by atoms with E-state index in [-0.39, 0.29) is 12.2 Å². The van der Waals surface area contributed by atoms with Crippen LogP contribution in [0, 0.1) is 0 Å². The van der Waals surface area contributed by atoms with Crippen LogP contribution in [0.1, 0.15) is 12.0 Å². The SMILES string of the molecule is [Li][C]1([Li])CC(OC(F)(F)F)=CC=C1c1ccccc1. The van der Waals surface area contributed by atoms with Crippen molar-refractivity contribution < 1.29 is 17.9 Å². The first kappa shape index (κ1) is 14.9. The van der Waals surface area contributed by atoms with E-state index in [0.717, 1.165) is 11.1 Å². The Bertz CT molecular complexity index is 518. The number of hydrogen-bond donors (Lipinski definition) is 0. The first-order valence-corrected chi connectivity index (χ1v) is 6.00. The van der Waals surface area contributed by atoms with E-state index in [1.165, 1.54) is 6.08 Å². The van der Waals surface area contributed by atoms with E-state index in [9.17, 15) is 13.2 Å². The van der Waals surface area contributed by atoms with Gasteiger partial charge in [0.15, 0.2) is 0 Å². The Morgan fingerprint density at radius 2 is 1.68 bits per heavy atom. The summed E-state index contributed by atoms with van der Waals surface area (Å²) in [6, 6.07) is 9.65. The van der Waals surface area contributed by atoms with E-state index >= 15 is 0 Å². The number of alkyl halides is 3. The van der Waals surface area contributed by atoms with Crippen molar-refractivity contribution in [3.05, 3.63) is 53.8 Å². The average Bonchev–Trinajstić information content (AvgIpc) is 2.26. The van der Waals surface area contributed by atoms with Crippen LogP contribution in [0.15, 0.2) is 48.2 Å². The Hall–Kier alpha value is -0.515. The Kier molecular flexibility index (Phi) is 4.28. The number of allylic oxidation sites excluding steroid dienone is 4. The van der Waals surface area contributed by atoms with Crippen molar-refractivity contribution >= 4 is 41.0 Å². The molecule has 0 heterocycles. The molecule has 0 saturated heterocycles. The molecule has 1 aromatic rings. The molecular weight excluding hydrogens is 243 g/mol. The van der Waals surface area contributed by atoms with Gasteiger partial charge in [0.2, 0.25) is 0 Å². The Morgan fingerprint density at radius 1 is 1.05 bits per heavy atom. The van der Waals surface area contributed by atoms with Gasteiger partial charge in [-0.1, -0.05) is 0 Å². The molecular formula is C13H9F3Li2O. The standard InChI is InChI=1S/C13H9F3O.2Li/c14-13(15,16)17-12-8-6-11(7-9-12)10-4-2-1-3-5-10;;/h1-6,8H,9H2;;. The Labute approximate surface area is 128 Å². The molecule has 0 aromatic heterocycles. The van der Waals surface area contributed by atoms with Crippen molar-refractivity contribution in [2.75, 3.05) is 0 Å². The van der Waals surface area contributed by atoms with Gasteiger partial charge in [0.25, 0.3) is 0 Å². The van der Waals surface area contributed by atoms with Crippen molar-refractivity contribution in [3.8, 4) is 0 Å². The molecule has 1 aliphatic carbocycles. The molecule has 1 aromatic carbocycles. The maximum absolute atomic E-state index is 12.2. The predicted molar refractivity (Wildman–Crippen MR) is 68.5 cm³/mol. The van der Waals surface area contributed by atoms with E-state index in [4.69, 9.17) is 0 Å². The summed E-state index contributed by atoms with van der Waals surface area (Å²) < 4.78 is 40.3. The second kappa shape index (κ2) is 5.47. The van der Waals surface area contributed by atoms with Crippen LogP contribution < -0.4 is 0 Å². The van der Waals surface area contributed by atoms with E-state index in [1.807, 2.05) is 65.8 Å². The molecule has 6 heteroatoms. The van der Waals surface area contributed by atoms with Gasteiger partial charge in [-0.25, -0.2) is 0 Å². The van der Waals surface area contributed by atoms with Gasteiger partial charge in [-0.05, 0) is 0 Å². The topological polar surface area (TPSA) is 9.23 Å². The molecule has 90 valence electrons. The maximum atomic E-state index is 12.2. The number of hydrogen-bond acceptors (Lipinski definition) is 1. The second-order valence-electron chi connectivity index (χ2n) is 5.19. The number of ether oxygens (including phenoxy) is 1. The van der Waals surface area contributed by atoms with Gasteiger partial charge >= 0.3 is 128 Å². The van der Waals surface area contributed by atoms with Gasteiger partial charge in [0.1, 0.15) is 0 Å². The van der Waals surface area contributed by atoms with Gasteiger partial charge in [-0.15, -0.1) is 0 Å². The fourth-order valence-electron chi connectivity index (χ4n) is 2.32. The monoisotopic (exact) mass is 252 g/mol. The quantitative estimate of drug-likeness (QED) is 0.733. The van der Waals surface area contributed by atoms with Gasteiger partial charge in [0.05, 0.1) is 0 Å². The second-order valence-corrected chi connectivity index (χ2v) is 5.19. The summed E-state index contributed by atoms with van der Waals surface area (Å²) in [5.74, 6) is -0.0443. The van der Waals surface area contributed by atoms with Crippen LogP contribution >= 0.6 is 0 Å². The van der Waals surface area contributed by atoms with Crippen LogP contribution in [-0.4, -0.2) is 41.8 Å². The molecule has 0 amide bonds. The third-order valence-corrected chi connectivity index (χ3v) is 3.11. The summed E-state index contributed by atoms with van der Waals surface area (Å²) in [6.45, 7) is 0. The molecule has 1 aliphatic rings. The van der Waals surface area contributed by atoms with E-state index < -0.39 is 9.12 Å². The van der Waals surface area contributed by atoms with E-state index in [1.54, 1.807) is 6.08 Å². The molecule has 0 atom stereocenters. The third kappa shape index (κ3) is 3.97. The van der Waals surface area contributed by atoms with Gasteiger partial charge in [-0.2, -0.15) is 0 Å². The number of halogens is 3. The molecule has 0 fully saturated rings. The zero-order valence-corrected chi connectivity index (χ0v) is 10.8. The zero-order valence-electron chi connectivity index (χ0n) is 10.8. The molecule has 0 N–H and O–H groups in total. The minimum atomic E-state index is -4.62. The summed E-state index contributed by atoms with van der Waals surface area (Å²) in [5, 5.41) is 0. The van der Waals surface area contributed by atoms with Crippen molar-refractivity contribution in [1.29, 1.82) is 0 Å². The van der Waals surface area contributed by atoms with Crippen molar-refractivity contribution in [3.63, 3.8) is 0 Å². The van der Waals surface area contributed by atoms with Crippen LogP contribution in [0.25, 0.3) is 5.57 Å². The minimum absolute atomic E-state index is 0.0443. The molecule has 0 bridgehead atoms. The Balaban J connectivity index is 2.30. The first-order valence-electron chi connectivity index (χ1n) is 6.00. The molecule has 0 spiro atoms. The molecule has 0 radical (unpaired) electrons. The molecule has 0 aliphatic heterocycles. The van der Waals surface area contributed by atoms with Crippen LogP contribution in [0.2, 0.25) is 2.76 Å². The molecule has 1 nitrogen and oxygen atoms in total. The van der Waals surface area contributed by atoms with Crippen molar-refractivity contribution in [1.82, 2.24) is 0 Å². The van der Waals surface area contributed by atoms with Crippen LogP contribution in [0.5, 0.6) is 0 Å². The van der Waals surface area contributed by atoms with Gasteiger partial charge < -0.3 is 0 Å². The number of rotatable bonds is 2. The summed E-state index contributed by atoms with van der Waals surface area (Å²) in [7, 11) is 0. The van der Waals surface area contributed by atoms with Crippen molar-refractivity contribution in [2.45, 2.75) is 15.5 Å². The fourth-order valence-corrected chi connectivity index (χ4v) is 2.32. The van der Waals surface area contributed by atoms with Crippen LogP contribution in [0.4, 0.5) is 13.2 Å². The summed E-state index contributed by atoms with van der Waals surface area (Å²) in [6.07, 6.45) is -1.28.